The Bertz CT molecular complexity index is 659. The van der Waals surface area contributed by atoms with Gasteiger partial charge >= 0.3 is 0 Å². The maximum atomic E-state index is 12.4. The molecule has 1 aromatic heterocycles. The first-order chi connectivity index (χ1) is 11.0. The van der Waals surface area contributed by atoms with Crippen LogP contribution in [0.25, 0.3) is 0 Å². The summed E-state index contributed by atoms with van der Waals surface area (Å²) in [5, 5.41) is 6.72. The van der Waals surface area contributed by atoms with Crippen molar-refractivity contribution in [1.29, 1.82) is 0 Å². The standard InChI is InChI=1S/C18H22ClN3O/c1-12(2)13(3)22-15-4-5-17(19)16(10-15)18(23)21-11-14-6-8-20-9-7-14/h4-10,12-13,22H,11H2,1-3H3,(H,21,23). The maximum Gasteiger partial charge on any atom is 0.253 e. The lowest BCUT2D eigenvalue weighted by Crippen LogP contribution is -2.24. The Balaban J connectivity index is 2.07. The monoisotopic (exact) mass is 331 g/mol. The smallest absolute Gasteiger partial charge is 0.253 e. The van der Waals surface area contributed by atoms with E-state index in [1.807, 2.05) is 18.2 Å². The highest BCUT2D eigenvalue weighted by Gasteiger charge is 2.13. The molecule has 2 N–H and O–H groups in total. The zero-order valence-corrected chi connectivity index (χ0v) is 14.4. The average Bonchev–Trinajstić information content (AvgIpc) is 2.55. The third kappa shape index (κ3) is 4.96. The first-order valence-electron chi connectivity index (χ1n) is 7.70. The zero-order chi connectivity index (χ0) is 16.8. The van der Waals surface area contributed by atoms with Crippen LogP contribution in [0.4, 0.5) is 5.69 Å². The number of benzene rings is 1. The summed E-state index contributed by atoms with van der Waals surface area (Å²) in [6, 6.07) is 9.47. The second-order valence-corrected chi connectivity index (χ2v) is 6.32. The number of amides is 1. The third-order valence-electron chi connectivity index (χ3n) is 3.81. The summed E-state index contributed by atoms with van der Waals surface area (Å²) in [5.74, 6) is 0.308. The number of hydrogen-bond acceptors (Lipinski definition) is 3. The van der Waals surface area contributed by atoms with Gasteiger partial charge in [-0.3, -0.25) is 9.78 Å². The molecular formula is C18H22ClN3O. The summed E-state index contributed by atoms with van der Waals surface area (Å²) in [6.45, 7) is 6.85. The van der Waals surface area contributed by atoms with Crippen molar-refractivity contribution in [1.82, 2.24) is 10.3 Å². The molecule has 1 atom stereocenters. The van der Waals surface area contributed by atoms with E-state index in [2.05, 4.69) is 36.4 Å². The van der Waals surface area contributed by atoms with Gasteiger partial charge < -0.3 is 10.6 Å². The number of hydrogen-bond donors (Lipinski definition) is 2. The average molecular weight is 332 g/mol. The molecule has 0 radical (unpaired) electrons. The SMILES string of the molecule is CC(C)C(C)Nc1ccc(Cl)c(C(=O)NCc2ccncc2)c1. The lowest BCUT2D eigenvalue weighted by Gasteiger charge is -2.19. The van der Waals surface area contributed by atoms with Crippen LogP contribution in [0.1, 0.15) is 36.7 Å². The van der Waals surface area contributed by atoms with Gasteiger partial charge in [-0.25, -0.2) is 0 Å². The van der Waals surface area contributed by atoms with E-state index in [1.165, 1.54) is 0 Å². The third-order valence-corrected chi connectivity index (χ3v) is 4.14. The number of halogens is 1. The Morgan fingerprint density at radius 2 is 1.87 bits per heavy atom. The summed E-state index contributed by atoms with van der Waals surface area (Å²) in [6.07, 6.45) is 3.40. The molecule has 122 valence electrons. The van der Waals surface area contributed by atoms with E-state index in [4.69, 9.17) is 11.6 Å². The summed E-state index contributed by atoms with van der Waals surface area (Å²) in [5.41, 5.74) is 2.36. The molecule has 0 saturated carbocycles. The topological polar surface area (TPSA) is 54.0 Å². The Kier molecular flexibility index (Phi) is 5.99. The highest BCUT2D eigenvalue weighted by atomic mass is 35.5. The highest BCUT2D eigenvalue weighted by Crippen LogP contribution is 2.22. The first-order valence-corrected chi connectivity index (χ1v) is 8.08. The van der Waals surface area contributed by atoms with Gasteiger partial charge in [-0.2, -0.15) is 0 Å². The molecule has 0 saturated heterocycles. The summed E-state index contributed by atoms with van der Waals surface area (Å²) in [7, 11) is 0. The molecule has 2 aromatic rings. The molecule has 5 heteroatoms. The summed E-state index contributed by atoms with van der Waals surface area (Å²) < 4.78 is 0. The van der Waals surface area contributed by atoms with Crippen LogP contribution in [0.2, 0.25) is 5.02 Å². The number of carbonyl (C=O) groups excluding carboxylic acids is 1. The maximum absolute atomic E-state index is 12.4. The Morgan fingerprint density at radius 3 is 2.52 bits per heavy atom. The minimum atomic E-state index is -0.187. The quantitative estimate of drug-likeness (QED) is 0.837. The Hall–Kier alpha value is -2.07. The van der Waals surface area contributed by atoms with Crippen molar-refractivity contribution in [2.45, 2.75) is 33.4 Å². The number of nitrogens with zero attached hydrogens (tertiary/aromatic N) is 1. The van der Waals surface area contributed by atoms with Crippen LogP contribution in [0.5, 0.6) is 0 Å². The Morgan fingerprint density at radius 1 is 1.17 bits per heavy atom. The Labute approximate surface area is 142 Å². The fraction of sp³-hybridized carbons (Fsp3) is 0.333. The van der Waals surface area contributed by atoms with Crippen LogP contribution in [0.3, 0.4) is 0 Å². The van der Waals surface area contributed by atoms with Gasteiger partial charge in [0, 0.05) is 30.7 Å². The van der Waals surface area contributed by atoms with Gasteiger partial charge in [0.15, 0.2) is 0 Å². The number of rotatable bonds is 6. The molecule has 23 heavy (non-hydrogen) atoms. The van der Waals surface area contributed by atoms with Gasteiger partial charge in [-0.15, -0.1) is 0 Å². The fourth-order valence-corrected chi connectivity index (χ4v) is 2.20. The molecular weight excluding hydrogens is 310 g/mol. The van der Waals surface area contributed by atoms with Gasteiger partial charge in [0.1, 0.15) is 0 Å². The van der Waals surface area contributed by atoms with Crippen molar-refractivity contribution in [3.63, 3.8) is 0 Å². The number of aromatic nitrogens is 1. The van der Waals surface area contributed by atoms with Crippen LogP contribution in [-0.4, -0.2) is 16.9 Å². The van der Waals surface area contributed by atoms with Gasteiger partial charge in [-0.05, 0) is 48.7 Å². The lowest BCUT2D eigenvalue weighted by molar-refractivity contribution is 0.0951. The second-order valence-electron chi connectivity index (χ2n) is 5.91. The second kappa shape index (κ2) is 7.97. The molecule has 2 rings (SSSR count). The van der Waals surface area contributed by atoms with Crippen molar-refractivity contribution in [3.8, 4) is 0 Å². The van der Waals surface area contributed by atoms with Crippen LogP contribution >= 0.6 is 11.6 Å². The number of anilines is 1. The van der Waals surface area contributed by atoms with E-state index < -0.39 is 0 Å². The largest absolute Gasteiger partial charge is 0.382 e. The van der Waals surface area contributed by atoms with E-state index in [0.717, 1.165) is 11.3 Å². The predicted octanol–water partition coefficient (Wildman–Crippen LogP) is 4.12. The van der Waals surface area contributed by atoms with E-state index in [1.54, 1.807) is 24.5 Å². The van der Waals surface area contributed by atoms with E-state index in [9.17, 15) is 4.79 Å². The number of carbonyl (C=O) groups is 1. The molecule has 4 nitrogen and oxygen atoms in total. The van der Waals surface area contributed by atoms with Gasteiger partial charge in [-0.1, -0.05) is 25.4 Å². The molecule has 1 aromatic carbocycles. The van der Waals surface area contributed by atoms with Gasteiger partial charge in [0.25, 0.3) is 5.91 Å². The molecule has 0 aliphatic carbocycles. The van der Waals surface area contributed by atoms with Crippen LogP contribution in [-0.2, 0) is 6.54 Å². The van der Waals surface area contributed by atoms with Crippen LogP contribution in [0.15, 0.2) is 42.7 Å². The van der Waals surface area contributed by atoms with Crippen molar-refractivity contribution >= 4 is 23.2 Å². The van der Waals surface area contributed by atoms with Crippen LogP contribution < -0.4 is 10.6 Å². The zero-order valence-electron chi connectivity index (χ0n) is 13.6. The first kappa shape index (κ1) is 17.3. The summed E-state index contributed by atoms with van der Waals surface area (Å²) >= 11 is 6.17. The van der Waals surface area contributed by atoms with E-state index in [0.29, 0.717) is 29.1 Å². The molecule has 1 unspecified atom stereocenters. The van der Waals surface area contributed by atoms with E-state index >= 15 is 0 Å². The van der Waals surface area contributed by atoms with E-state index in [-0.39, 0.29) is 5.91 Å². The summed E-state index contributed by atoms with van der Waals surface area (Å²) in [4.78, 5) is 16.3. The molecule has 0 bridgehead atoms. The predicted molar refractivity (Wildman–Crippen MR) is 94.8 cm³/mol. The van der Waals surface area contributed by atoms with Gasteiger partial charge in [0.2, 0.25) is 0 Å². The van der Waals surface area contributed by atoms with Crippen molar-refractivity contribution in [2.75, 3.05) is 5.32 Å². The molecule has 1 heterocycles. The van der Waals surface area contributed by atoms with Crippen LogP contribution in [0, 0.1) is 5.92 Å². The molecule has 0 spiro atoms. The molecule has 1 amide bonds. The van der Waals surface area contributed by atoms with Crippen molar-refractivity contribution < 1.29 is 4.79 Å². The van der Waals surface area contributed by atoms with Gasteiger partial charge in [0.05, 0.1) is 10.6 Å². The molecule has 0 aliphatic heterocycles. The molecule has 0 aliphatic rings. The van der Waals surface area contributed by atoms with Crippen molar-refractivity contribution in [3.05, 3.63) is 58.9 Å². The molecule has 0 fully saturated rings. The number of nitrogens with one attached hydrogen (secondary N) is 2. The normalized spacial score (nSPS) is 12.0. The minimum Gasteiger partial charge on any atom is -0.382 e. The van der Waals surface area contributed by atoms with Crippen molar-refractivity contribution in [2.24, 2.45) is 5.92 Å². The minimum absolute atomic E-state index is 0.187. The number of pyridine rings is 1. The highest BCUT2D eigenvalue weighted by molar-refractivity contribution is 6.34. The lowest BCUT2D eigenvalue weighted by atomic mass is 10.1. The fourth-order valence-electron chi connectivity index (χ4n) is 2.00.